The van der Waals surface area contributed by atoms with Gasteiger partial charge in [-0.15, -0.1) is 0 Å². The minimum atomic E-state index is -0.452. The normalized spacial score (nSPS) is 26.0. The summed E-state index contributed by atoms with van der Waals surface area (Å²) in [7, 11) is 1.66. The fourth-order valence-electron chi connectivity index (χ4n) is 6.05. The highest BCUT2D eigenvalue weighted by Gasteiger charge is 2.42. The quantitative estimate of drug-likeness (QED) is 0.623. The van der Waals surface area contributed by atoms with Crippen molar-refractivity contribution in [2.75, 3.05) is 20.2 Å². The van der Waals surface area contributed by atoms with Gasteiger partial charge in [-0.1, -0.05) is 18.7 Å². The molecule has 3 heterocycles. The minimum absolute atomic E-state index is 0.0883. The average Bonchev–Trinajstić information content (AvgIpc) is 3.45. The third kappa shape index (κ3) is 4.55. The highest BCUT2D eigenvalue weighted by molar-refractivity contribution is 6.01. The number of likely N-dealkylation sites (tertiary alicyclic amines) is 1. The molecule has 0 aromatic heterocycles. The Kier molecular flexibility index (Phi) is 6.28. The molecule has 3 aliphatic heterocycles. The smallest absolute Gasteiger partial charge is 0.255 e. The first kappa shape index (κ1) is 23.9. The van der Waals surface area contributed by atoms with Crippen LogP contribution in [-0.2, 0) is 11.3 Å². The number of hydrogen-bond acceptors (Lipinski definition) is 6. The number of carbonyl (C=O) groups excluding carboxylic acids is 2. The van der Waals surface area contributed by atoms with Crippen molar-refractivity contribution in [1.29, 1.82) is 0 Å². The third-order valence-electron chi connectivity index (χ3n) is 8.02. The van der Waals surface area contributed by atoms with Crippen LogP contribution in [0.1, 0.15) is 48.0 Å². The molecule has 2 saturated heterocycles. The van der Waals surface area contributed by atoms with Gasteiger partial charge in [0.1, 0.15) is 24.0 Å². The van der Waals surface area contributed by atoms with Gasteiger partial charge < -0.3 is 24.4 Å². The summed E-state index contributed by atoms with van der Waals surface area (Å²) in [6.07, 6.45) is 4.78. The summed E-state index contributed by atoms with van der Waals surface area (Å²) in [5.41, 5.74) is 2.29. The van der Waals surface area contributed by atoms with Crippen molar-refractivity contribution >= 4 is 11.8 Å². The Morgan fingerprint density at radius 1 is 1.00 bits per heavy atom. The molecule has 0 radical (unpaired) electrons. The van der Waals surface area contributed by atoms with Crippen LogP contribution in [0.4, 0.5) is 0 Å². The number of para-hydroxylation sites is 2. The van der Waals surface area contributed by atoms with Gasteiger partial charge in [-0.2, -0.15) is 0 Å². The zero-order valence-corrected chi connectivity index (χ0v) is 21.2. The number of allylic oxidation sites excluding steroid dienone is 1. The van der Waals surface area contributed by atoms with E-state index in [1.54, 1.807) is 12.0 Å². The summed E-state index contributed by atoms with van der Waals surface area (Å²) >= 11 is 0. The zero-order chi connectivity index (χ0) is 25.5. The topological polar surface area (TPSA) is 80.3 Å². The van der Waals surface area contributed by atoms with Crippen molar-refractivity contribution < 1.29 is 23.8 Å². The Morgan fingerprint density at radius 2 is 1.81 bits per heavy atom. The second-order valence-electron chi connectivity index (χ2n) is 10.4. The molecule has 8 nitrogen and oxygen atoms in total. The van der Waals surface area contributed by atoms with E-state index in [0.717, 1.165) is 55.2 Å². The number of benzene rings is 2. The lowest BCUT2D eigenvalue weighted by Crippen LogP contribution is -2.60. The van der Waals surface area contributed by atoms with Crippen LogP contribution in [0.2, 0.25) is 0 Å². The largest absolute Gasteiger partial charge is 0.493 e. The van der Waals surface area contributed by atoms with Crippen molar-refractivity contribution in [1.82, 2.24) is 15.1 Å². The predicted octanol–water partition coefficient (Wildman–Crippen LogP) is 3.51. The van der Waals surface area contributed by atoms with Gasteiger partial charge in [0.05, 0.1) is 7.11 Å². The lowest BCUT2D eigenvalue weighted by Gasteiger charge is -2.44. The van der Waals surface area contributed by atoms with E-state index in [4.69, 9.17) is 14.2 Å². The van der Waals surface area contributed by atoms with E-state index in [1.165, 1.54) is 0 Å². The summed E-state index contributed by atoms with van der Waals surface area (Å²) in [6, 6.07) is 13.4. The van der Waals surface area contributed by atoms with Gasteiger partial charge in [0.15, 0.2) is 11.5 Å². The summed E-state index contributed by atoms with van der Waals surface area (Å²) in [4.78, 5) is 29.6. The number of piperidine rings is 1. The van der Waals surface area contributed by atoms with Gasteiger partial charge in [0, 0.05) is 36.9 Å². The van der Waals surface area contributed by atoms with Crippen molar-refractivity contribution in [2.24, 2.45) is 0 Å². The maximum atomic E-state index is 13.0. The molecule has 1 saturated carbocycles. The molecule has 1 N–H and O–H groups in total. The molecule has 3 atom stereocenters. The molecule has 1 unspecified atom stereocenters. The maximum absolute atomic E-state index is 13.0. The Hall–Kier alpha value is -3.52. The Morgan fingerprint density at radius 3 is 2.59 bits per heavy atom. The molecule has 0 bridgehead atoms. The van der Waals surface area contributed by atoms with Crippen molar-refractivity contribution in [2.45, 2.75) is 62.9 Å². The number of amides is 2. The molecule has 2 amide bonds. The van der Waals surface area contributed by atoms with Crippen molar-refractivity contribution in [3.05, 3.63) is 65.9 Å². The number of carbonyl (C=O) groups is 2. The summed E-state index contributed by atoms with van der Waals surface area (Å²) in [5.74, 6) is 2.09. The molecule has 194 valence electrons. The van der Waals surface area contributed by atoms with E-state index in [1.807, 2.05) is 42.5 Å². The first-order valence-electron chi connectivity index (χ1n) is 13.1. The molecule has 2 aromatic rings. The maximum Gasteiger partial charge on any atom is 0.255 e. The van der Waals surface area contributed by atoms with Gasteiger partial charge in [-0.05, 0) is 68.0 Å². The number of rotatable bonds is 7. The van der Waals surface area contributed by atoms with E-state index in [0.29, 0.717) is 36.7 Å². The minimum Gasteiger partial charge on any atom is -0.493 e. The molecule has 1 aliphatic carbocycles. The van der Waals surface area contributed by atoms with Gasteiger partial charge in [-0.25, -0.2) is 0 Å². The number of nitrogens with zero attached hydrogens (tertiary/aromatic N) is 2. The molecule has 37 heavy (non-hydrogen) atoms. The number of nitrogens with one attached hydrogen (secondary N) is 1. The molecule has 0 spiro atoms. The second kappa shape index (κ2) is 9.74. The summed E-state index contributed by atoms with van der Waals surface area (Å²) in [5, 5.41) is 2.79. The predicted molar refractivity (Wildman–Crippen MR) is 138 cm³/mol. The Bertz CT molecular complexity index is 1220. The van der Waals surface area contributed by atoms with E-state index >= 15 is 0 Å². The van der Waals surface area contributed by atoms with Crippen molar-refractivity contribution in [3.8, 4) is 17.2 Å². The second-order valence-corrected chi connectivity index (χ2v) is 10.4. The lowest BCUT2D eigenvalue weighted by molar-refractivity contribution is -0.126. The fourth-order valence-corrected chi connectivity index (χ4v) is 6.05. The highest BCUT2D eigenvalue weighted by Crippen LogP contribution is 2.36. The van der Waals surface area contributed by atoms with Crippen molar-refractivity contribution in [3.63, 3.8) is 0 Å². The number of hydrogen-bond donors (Lipinski definition) is 1. The van der Waals surface area contributed by atoms with Gasteiger partial charge in [-0.3, -0.25) is 14.5 Å². The van der Waals surface area contributed by atoms with E-state index in [-0.39, 0.29) is 24.0 Å². The summed E-state index contributed by atoms with van der Waals surface area (Å²) in [6.45, 7) is 6.00. The van der Waals surface area contributed by atoms with Gasteiger partial charge in [0.2, 0.25) is 5.91 Å². The Labute approximate surface area is 217 Å². The third-order valence-corrected chi connectivity index (χ3v) is 8.02. The highest BCUT2D eigenvalue weighted by atomic mass is 16.5. The Balaban J connectivity index is 1.07. The first-order chi connectivity index (χ1) is 18.0. The SMILES string of the molecule is C=C1CCC(N2Cc3cc(O[C@H]4CCC[C@H]4N4CC(Oc5ccccc5OC)C4)ccc3C2=O)C(=O)N1. The zero-order valence-electron chi connectivity index (χ0n) is 21.2. The number of methoxy groups -OCH3 is 1. The standard InChI is InChI=1S/C29H33N3O5/c1-18-10-13-24(28(33)30-18)32-15-19-14-20(11-12-22(19)29(32)34)36-25-9-5-6-23(25)31-16-21(17-31)37-27-8-4-3-7-26(27)35-2/h3-4,7-8,11-12,14,21,23-25H,1,5-6,9-10,13,15-17H2,2H3,(H,30,33)/t23-,24?,25+/m1/s1. The van der Waals surface area contributed by atoms with Crippen LogP contribution in [0.25, 0.3) is 0 Å². The van der Waals surface area contributed by atoms with Crippen LogP contribution < -0.4 is 19.5 Å². The lowest BCUT2D eigenvalue weighted by atomic mass is 10.0. The monoisotopic (exact) mass is 503 g/mol. The van der Waals surface area contributed by atoms with E-state index in [2.05, 4.69) is 16.8 Å². The van der Waals surface area contributed by atoms with Gasteiger partial charge in [0.25, 0.3) is 5.91 Å². The molecule has 8 heteroatoms. The van der Waals surface area contributed by atoms with Crippen LogP contribution in [0, 0.1) is 0 Å². The van der Waals surface area contributed by atoms with Crippen LogP contribution in [0.3, 0.4) is 0 Å². The van der Waals surface area contributed by atoms with E-state index in [9.17, 15) is 9.59 Å². The van der Waals surface area contributed by atoms with Crippen LogP contribution >= 0.6 is 0 Å². The molecule has 4 aliphatic rings. The molecule has 2 aromatic carbocycles. The van der Waals surface area contributed by atoms with Crippen LogP contribution in [0.15, 0.2) is 54.7 Å². The number of ether oxygens (including phenoxy) is 3. The first-order valence-corrected chi connectivity index (χ1v) is 13.1. The molecular weight excluding hydrogens is 470 g/mol. The molecule has 3 fully saturated rings. The fraction of sp³-hybridized carbons (Fsp3) is 0.448. The molecular formula is C29H33N3O5. The van der Waals surface area contributed by atoms with Gasteiger partial charge >= 0.3 is 0 Å². The molecule has 6 rings (SSSR count). The number of fused-ring (bicyclic) bond motifs is 1. The summed E-state index contributed by atoms with van der Waals surface area (Å²) < 4.78 is 18.1. The van der Waals surface area contributed by atoms with Crippen LogP contribution in [-0.4, -0.2) is 66.1 Å². The average molecular weight is 504 g/mol. The van der Waals surface area contributed by atoms with E-state index < -0.39 is 6.04 Å². The van der Waals surface area contributed by atoms with Crippen LogP contribution in [0.5, 0.6) is 17.2 Å².